The molecule has 0 radical (unpaired) electrons. The molecule has 2 bridgehead atoms. The molecule has 0 saturated carbocycles. The van der Waals surface area contributed by atoms with E-state index in [4.69, 9.17) is 0 Å². The minimum Gasteiger partial charge on any atom is -0.336 e. The first-order chi connectivity index (χ1) is 6.49. The van der Waals surface area contributed by atoms with E-state index in [1.54, 1.807) is 0 Å². The monoisotopic (exact) mass is 195 g/mol. The van der Waals surface area contributed by atoms with Crippen molar-refractivity contribution >= 4 is 6.41 Å². The first kappa shape index (κ1) is 10.0. The van der Waals surface area contributed by atoms with Crippen molar-refractivity contribution in [1.82, 2.24) is 4.90 Å². The molecule has 2 atom stereocenters. The summed E-state index contributed by atoms with van der Waals surface area (Å²) in [6, 6.07) is 0.479. The number of piperidine rings is 2. The van der Waals surface area contributed by atoms with Crippen LogP contribution in [0, 0.1) is 5.41 Å². The molecule has 1 amide bonds. The molecule has 2 heterocycles. The first-order valence-corrected chi connectivity index (χ1v) is 5.73. The maximum Gasteiger partial charge on any atom is 0.210 e. The summed E-state index contributed by atoms with van der Waals surface area (Å²) in [5, 5.41) is 0. The van der Waals surface area contributed by atoms with E-state index in [0.717, 1.165) is 6.41 Å². The minimum absolute atomic E-state index is 0.167. The Bertz CT molecular complexity index is 249. The van der Waals surface area contributed by atoms with Crippen molar-refractivity contribution in [2.75, 3.05) is 0 Å². The molecule has 2 saturated heterocycles. The number of nitrogens with zero attached hydrogens (tertiary/aromatic N) is 1. The lowest BCUT2D eigenvalue weighted by Gasteiger charge is -2.58. The Labute approximate surface area is 86.7 Å². The summed E-state index contributed by atoms with van der Waals surface area (Å²) < 4.78 is 0. The van der Waals surface area contributed by atoms with Gasteiger partial charge in [-0.05, 0) is 44.4 Å². The van der Waals surface area contributed by atoms with Gasteiger partial charge in [0, 0.05) is 11.6 Å². The quantitative estimate of drug-likeness (QED) is 0.589. The second-order valence-electron chi connectivity index (χ2n) is 5.91. The van der Waals surface area contributed by atoms with Crippen LogP contribution in [0.15, 0.2) is 0 Å². The van der Waals surface area contributed by atoms with Crippen LogP contribution in [-0.4, -0.2) is 22.9 Å². The number of rotatable bonds is 1. The van der Waals surface area contributed by atoms with Crippen LogP contribution in [0.4, 0.5) is 0 Å². The van der Waals surface area contributed by atoms with Gasteiger partial charge in [0.25, 0.3) is 0 Å². The van der Waals surface area contributed by atoms with E-state index in [1.165, 1.54) is 32.1 Å². The number of carbonyl (C=O) groups is 1. The SMILES string of the molecule is CC1(C)CC[C@]2(C)CCC[C@H]1N2C=O. The number of carbonyl (C=O) groups excluding carboxylic acids is 1. The second-order valence-corrected chi connectivity index (χ2v) is 5.91. The Kier molecular flexibility index (Phi) is 2.13. The summed E-state index contributed by atoms with van der Waals surface area (Å²) in [6.45, 7) is 6.86. The van der Waals surface area contributed by atoms with Gasteiger partial charge < -0.3 is 4.90 Å². The highest BCUT2D eigenvalue weighted by Gasteiger charge is 2.49. The molecule has 2 aliphatic heterocycles. The summed E-state index contributed by atoms with van der Waals surface area (Å²) >= 11 is 0. The van der Waals surface area contributed by atoms with Crippen LogP contribution >= 0.6 is 0 Å². The fourth-order valence-corrected chi connectivity index (χ4v) is 3.30. The molecule has 2 rings (SSSR count). The fourth-order valence-electron chi connectivity index (χ4n) is 3.30. The highest BCUT2D eigenvalue weighted by atomic mass is 16.1. The van der Waals surface area contributed by atoms with Gasteiger partial charge in [-0.15, -0.1) is 0 Å². The molecule has 0 spiro atoms. The Morgan fingerprint density at radius 3 is 2.50 bits per heavy atom. The van der Waals surface area contributed by atoms with E-state index in [0.29, 0.717) is 11.5 Å². The van der Waals surface area contributed by atoms with E-state index in [1.807, 2.05) is 0 Å². The molecule has 2 fully saturated rings. The van der Waals surface area contributed by atoms with Crippen molar-refractivity contribution in [3.8, 4) is 0 Å². The van der Waals surface area contributed by atoms with Gasteiger partial charge in [-0.3, -0.25) is 4.79 Å². The molecular weight excluding hydrogens is 174 g/mol. The molecule has 0 aliphatic carbocycles. The fraction of sp³-hybridized carbons (Fsp3) is 0.917. The third-order valence-electron chi connectivity index (χ3n) is 4.48. The summed E-state index contributed by atoms with van der Waals surface area (Å²) in [7, 11) is 0. The Hall–Kier alpha value is -0.530. The smallest absolute Gasteiger partial charge is 0.210 e. The molecule has 0 aromatic heterocycles. The van der Waals surface area contributed by atoms with Crippen LogP contribution in [-0.2, 0) is 4.79 Å². The normalized spacial score (nSPS) is 40.8. The van der Waals surface area contributed by atoms with Crippen molar-refractivity contribution in [2.45, 2.75) is 64.5 Å². The largest absolute Gasteiger partial charge is 0.336 e. The lowest BCUT2D eigenvalue weighted by Crippen LogP contribution is -2.62. The molecule has 0 unspecified atom stereocenters. The van der Waals surface area contributed by atoms with Crippen LogP contribution in [0.1, 0.15) is 52.9 Å². The average molecular weight is 195 g/mol. The lowest BCUT2D eigenvalue weighted by molar-refractivity contribution is -0.143. The van der Waals surface area contributed by atoms with E-state index >= 15 is 0 Å². The molecule has 0 N–H and O–H groups in total. The van der Waals surface area contributed by atoms with Crippen molar-refractivity contribution in [1.29, 1.82) is 0 Å². The summed E-state index contributed by atoms with van der Waals surface area (Å²) in [5.41, 5.74) is 0.487. The van der Waals surface area contributed by atoms with Crippen LogP contribution in [0.2, 0.25) is 0 Å². The molecule has 14 heavy (non-hydrogen) atoms. The van der Waals surface area contributed by atoms with Crippen LogP contribution in [0.3, 0.4) is 0 Å². The van der Waals surface area contributed by atoms with Gasteiger partial charge in [0.15, 0.2) is 0 Å². The second kappa shape index (κ2) is 2.98. The van der Waals surface area contributed by atoms with Crippen molar-refractivity contribution in [3.05, 3.63) is 0 Å². The third-order valence-corrected chi connectivity index (χ3v) is 4.48. The molecule has 80 valence electrons. The molecule has 0 aromatic rings. The van der Waals surface area contributed by atoms with Gasteiger partial charge in [-0.1, -0.05) is 13.8 Å². The maximum atomic E-state index is 11.2. The van der Waals surface area contributed by atoms with E-state index in [9.17, 15) is 4.79 Å². The number of amides is 1. The summed E-state index contributed by atoms with van der Waals surface area (Å²) in [4.78, 5) is 13.3. The van der Waals surface area contributed by atoms with Gasteiger partial charge in [-0.2, -0.15) is 0 Å². The Balaban J connectivity index is 2.32. The molecular formula is C12H21NO. The van der Waals surface area contributed by atoms with Crippen LogP contribution in [0.25, 0.3) is 0 Å². The van der Waals surface area contributed by atoms with Crippen LogP contribution in [0.5, 0.6) is 0 Å². The third kappa shape index (κ3) is 1.27. The lowest BCUT2D eigenvalue weighted by atomic mass is 9.64. The summed E-state index contributed by atoms with van der Waals surface area (Å²) in [6.07, 6.45) is 7.20. The zero-order valence-electron chi connectivity index (χ0n) is 9.55. The van der Waals surface area contributed by atoms with Gasteiger partial charge in [0.1, 0.15) is 0 Å². The Morgan fingerprint density at radius 1 is 1.21 bits per heavy atom. The number of hydrogen-bond donors (Lipinski definition) is 0. The van der Waals surface area contributed by atoms with E-state index in [-0.39, 0.29) is 5.54 Å². The minimum atomic E-state index is 0.167. The van der Waals surface area contributed by atoms with Crippen LogP contribution < -0.4 is 0 Å². The van der Waals surface area contributed by atoms with Gasteiger partial charge in [-0.25, -0.2) is 0 Å². The molecule has 2 heteroatoms. The molecule has 2 aliphatic rings. The Morgan fingerprint density at radius 2 is 1.93 bits per heavy atom. The summed E-state index contributed by atoms with van der Waals surface area (Å²) in [5.74, 6) is 0. The van der Waals surface area contributed by atoms with Crippen molar-refractivity contribution < 1.29 is 4.79 Å². The predicted molar refractivity (Wildman–Crippen MR) is 57.0 cm³/mol. The van der Waals surface area contributed by atoms with Gasteiger partial charge in [0.05, 0.1) is 0 Å². The zero-order chi connectivity index (χ0) is 10.4. The highest BCUT2D eigenvalue weighted by molar-refractivity contribution is 5.51. The van der Waals surface area contributed by atoms with Gasteiger partial charge >= 0.3 is 0 Å². The number of hydrogen-bond acceptors (Lipinski definition) is 1. The first-order valence-electron chi connectivity index (χ1n) is 5.73. The standard InChI is InChI=1S/C12H21NO/c1-11(2)7-8-12(3)6-4-5-10(11)13(12)9-14/h9-10H,4-8H2,1-3H3/t10-,12+/m1/s1. The topological polar surface area (TPSA) is 20.3 Å². The highest BCUT2D eigenvalue weighted by Crippen LogP contribution is 2.48. The molecule has 0 aromatic carbocycles. The number of fused-ring (bicyclic) bond motifs is 2. The van der Waals surface area contributed by atoms with Gasteiger partial charge in [0.2, 0.25) is 6.41 Å². The zero-order valence-corrected chi connectivity index (χ0v) is 9.55. The average Bonchev–Trinajstić information content (AvgIpc) is 2.13. The molecule has 2 nitrogen and oxygen atoms in total. The predicted octanol–water partition coefficient (Wildman–Crippen LogP) is 2.58. The maximum absolute atomic E-state index is 11.2. The van der Waals surface area contributed by atoms with E-state index in [2.05, 4.69) is 25.7 Å². The van der Waals surface area contributed by atoms with Crippen molar-refractivity contribution in [3.63, 3.8) is 0 Å². The van der Waals surface area contributed by atoms with E-state index < -0.39 is 0 Å². The van der Waals surface area contributed by atoms with Crippen molar-refractivity contribution in [2.24, 2.45) is 5.41 Å².